The number of hydrogen-bond donors (Lipinski definition) is 0. The van der Waals surface area contributed by atoms with Gasteiger partial charge in [0.05, 0.1) is 11.8 Å². The molecule has 1 atom stereocenters. The number of nitrogens with zero attached hydrogens (tertiary/aromatic N) is 3. The summed E-state index contributed by atoms with van der Waals surface area (Å²) in [5.74, 6) is 0.812. The number of hydrogen-bond acceptors (Lipinski definition) is 3. The summed E-state index contributed by atoms with van der Waals surface area (Å²) in [5.41, 5.74) is 2.79. The van der Waals surface area contributed by atoms with E-state index in [4.69, 9.17) is 0 Å². The van der Waals surface area contributed by atoms with E-state index in [1.807, 2.05) is 23.1 Å². The van der Waals surface area contributed by atoms with Gasteiger partial charge < -0.3 is 4.90 Å². The summed E-state index contributed by atoms with van der Waals surface area (Å²) in [4.78, 5) is 26.7. The van der Waals surface area contributed by atoms with Gasteiger partial charge >= 0.3 is 0 Å². The molecule has 1 amide bonds. The van der Waals surface area contributed by atoms with Crippen molar-refractivity contribution in [3.05, 3.63) is 47.8 Å². The van der Waals surface area contributed by atoms with Gasteiger partial charge in [-0.3, -0.25) is 14.3 Å². The number of ketones is 1. The average Bonchev–Trinajstić information content (AvgIpc) is 3.16. The second-order valence-electron chi connectivity index (χ2n) is 6.74. The molecule has 0 saturated heterocycles. The van der Waals surface area contributed by atoms with Crippen LogP contribution in [0.2, 0.25) is 0 Å². The summed E-state index contributed by atoms with van der Waals surface area (Å²) in [6.45, 7) is 5.07. The normalized spacial score (nSPS) is 16.5. The Hall–Kier alpha value is -2.43. The highest BCUT2D eigenvalue weighted by Gasteiger charge is 2.33. The topological polar surface area (TPSA) is 55.2 Å². The van der Waals surface area contributed by atoms with Gasteiger partial charge in [-0.05, 0) is 17.5 Å². The van der Waals surface area contributed by atoms with Gasteiger partial charge in [-0.2, -0.15) is 5.10 Å². The van der Waals surface area contributed by atoms with Crippen LogP contribution in [0.5, 0.6) is 0 Å². The Balaban J connectivity index is 1.68. The number of fused-ring (bicyclic) bond motifs is 1. The predicted octanol–water partition coefficient (Wildman–Crippen LogP) is 3.17. The maximum Gasteiger partial charge on any atom is 0.227 e. The molecule has 24 heavy (non-hydrogen) atoms. The van der Waals surface area contributed by atoms with Crippen LogP contribution in [0, 0.1) is 5.92 Å². The second-order valence-corrected chi connectivity index (χ2v) is 6.74. The smallest absolute Gasteiger partial charge is 0.227 e. The number of aromatic nitrogens is 2. The number of benzene rings is 1. The molecule has 1 aliphatic rings. The maximum atomic E-state index is 12.7. The van der Waals surface area contributed by atoms with Crippen molar-refractivity contribution in [2.75, 3.05) is 11.4 Å². The number of aryl methyl sites for hydroxylation is 1. The number of carbonyl (C=O) groups is 2. The molecule has 2 aromatic rings. The van der Waals surface area contributed by atoms with Crippen molar-refractivity contribution in [2.24, 2.45) is 13.0 Å². The molecule has 5 heteroatoms. The van der Waals surface area contributed by atoms with Crippen LogP contribution < -0.4 is 4.90 Å². The average molecular weight is 325 g/mol. The molecular weight excluding hydrogens is 302 g/mol. The van der Waals surface area contributed by atoms with Gasteiger partial charge in [0.1, 0.15) is 0 Å². The Morgan fingerprint density at radius 2 is 2.00 bits per heavy atom. The van der Waals surface area contributed by atoms with Gasteiger partial charge in [0.25, 0.3) is 0 Å². The Bertz CT molecular complexity index is 763. The summed E-state index contributed by atoms with van der Waals surface area (Å²) in [6, 6.07) is 8.09. The third kappa shape index (κ3) is 3.11. The molecule has 0 spiro atoms. The molecule has 5 nitrogen and oxygen atoms in total. The van der Waals surface area contributed by atoms with Crippen molar-refractivity contribution in [3.8, 4) is 0 Å². The zero-order valence-corrected chi connectivity index (χ0v) is 14.4. The van der Waals surface area contributed by atoms with E-state index in [0.29, 0.717) is 23.9 Å². The first-order valence-electron chi connectivity index (χ1n) is 8.38. The fourth-order valence-electron chi connectivity index (χ4n) is 3.31. The van der Waals surface area contributed by atoms with E-state index >= 15 is 0 Å². The zero-order valence-electron chi connectivity index (χ0n) is 14.4. The Morgan fingerprint density at radius 3 is 2.67 bits per heavy atom. The highest BCUT2D eigenvalue weighted by molar-refractivity contribution is 6.01. The molecule has 0 fully saturated rings. The summed E-state index contributed by atoms with van der Waals surface area (Å²) in [7, 11) is 1.77. The van der Waals surface area contributed by atoms with Crippen LogP contribution >= 0.6 is 0 Å². The second kappa shape index (κ2) is 6.59. The third-order valence-electron chi connectivity index (χ3n) is 4.70. The lowest BCUT2D eigenvalue weighted by molar-refractivity contribution is -0.118. The first kappa shape index (κ1) is 16.4. The van der Waals surface area contributed by atoms with Crippen LogP contribution in [-0.2, 0) is 11.8 Å². The molecule has 0 N–H and O–H groups in total. The Morgan fingerprint density at radius 1 is 1.25 bits per heavy atom. The maximum absolute atomic E-state index is 12.7. The summed E-state index contributed by atoms with van der Waals surface area (Å²) >= 11 is 0. The third-order valence-corrected chi connectivity index (χ3v) is 4.70. The van der Waals surface area contributed by atoms with Crippen molar-refractivity contribution in [1.82, 2.24) is 9.78 Å². The molecule has 2 heterocycles. The number of rotatable bonds is 5. The number of para-hydroxylation sites is 1. The number of Topliss-reactive ketones (excluding diaryl/α,β-unsaturated/α-hetero) is 1. The molecule has 1 aromatic carbocycles. The Labute approximate surface area is 142 Å². The first-order valence-corrected chi connectivity index (χ1v) is 8.38. The number of amides is 1. The van der Waals surface area contributed by atoms with E-state index in [1.54, 1.807) is 24.1 Å². The molecule has 126 valence electrons. The molecule has 0 saturated carbocycles. The highest BCUT2D eigenvalue weighted by Crippen LogP contribution is 2.40. The fourth-order valence-corrected chi connectivity index (χ4v) is 3.31. The van der Waals surface area contributed by atoms with Crippen molar-refractivity contribution < 1.29 is 9.59 Å². The standard InChI is InChI=1S/C19H23N3O2/c1-13(2)16-12-22(17-7-5-4-6-15(16)17)19(24)9-8-18(23)14-10-20-21(3)11-14/h4-7,10-11,13,16H,8-9,12H2,1-3H3. The van der Waals surface area contributed by atoms with Gasteiger partial charge in [-0.15, -0.1) is 0 Å². The lowest BCUT2D eigenvalue weighted by Gasteiger charge is -2.19. The van der Waals surface area contributed by atoms with E-state index in [2.05, 4.69) is 25.0 Å². The zero-order chi connectivity index (χ0) is 17.3. The van der Waals surface area contributed by atoms with Crippen LogP contribution in [0.3, 0.4) is 0 Å². The van der Waals surface area contributed by atoms with Crippen LogP contribution in [0.4, 0.5) is 5.69 Å². The fraction of sp³-hybridized carbons (Fsp3) is 0.421. The van der Waals surface area contributed by atoms with Crippen molar-refractivity contribution >= 4 is 17.4 Å². The largest absolute Gasteiger partial charge is 0.312 e. The van der Waals surface area contributed by atoms with E-state index in [1.165, 1.54) is 5.56 Å². The molecular formula is C19H23N3O2. The van der Waals surface area contributed by atoms with E-state index in [9.17, 15) is 9.59 Å². The van der Waals surface area contributed by atoms with Crippen molar-refractivity contribution in [3.63, 3.8) is 0 Å². The van der Waals surface area contributed by atoms with E-state index in [-0.39, 0.29) is 24.5 Å². The van der Waals surface area contributed by atoms with Gasteiger partial charge in [0.15, 0.2) is 5.78 Å². The molecule has 3 rings (SSSR count). The molecule has 1 unspecified atom stereocenters. The van der Waals surface area contributed by atoms with Crippen molar-refractivity contribution in [1.29, 1.82) is 0 Å². The number of anilines is 1. The highest BCUT2D eigenvalue weighted by atomic mass is 16.2. The summed E-state index contributed by atoms with van der Waals surface area (Å²) < 4.78 is 1.60. The van der Waals surface area contributed by atoms with Crippen LogP contribution in [0.25, 0.3) is 0 Å². The quantitative estimate of drug-likeness (QED) is 0.794. The summed E-state index contributed by atoms with van der Waals surface area (Å²) in [5, 5.41) is 4.00. The SMILES string of the molecule is CC(C)C1CN(C(=O)CCC(=O)c2cnn(C)c2)c2ccccc21. The molecule has 0 radical (unpaired) electrons. The molecule has 0 aliphatic carbocycles. The monoisotopic (exact) mass is 325 g/mol. The van der Waals surface area contributed by atoms with Crippen LogP contribution in [0.1, 0.15) is 48.5 Å². The minimum absolute atomic E-state index is 0.0165. The number of carbonyl (C=O) groups excluding carboxylic acids is 2. The van der Waals surface area contributed by atoms with Gasteiger partial charge in [0.2, 0.25) is 5.91 Å². The minimum atomic E-state index is -0.0376. The van der Waals surface area contributed by atoms with Crippen LogP contribution in [-0.4, -0.2) is 28.0 Å². The van der Waals surface area contributed by atoms with Crippen molar-refractivity contribution in [2.45, 2.75) is 32.6 Å². The van der Waals surface area contributed by atoms with Gasteiger partial charge in [-0.1, -0.05) is 32.0 Å². The molecule has 0 bridgehead atoms. The van der Waals surface area contributed by atoms with E-state index in [0.717, 1.165) is 5.69 Å². The van der Waals surface area contributed by atoms with Gasteiger partial charge in [0, 0.05) is 44.2 Å². The summed E-state index contributed by atoms with van der Waals surface area (Å²) in [6.07, 6.45) is 3.68. The molecule has 1 aromatic heterocycles. The minimum Gasteiger partial charge on any atom is -0.312 e. The van der Waals surface area contributed by atoms with Crippen LogP contribution in [0.15, 0.2) is 36.7 Å². The first-order chi connectivity index (χ1) is 11.5. The lowest BCUT2D eigenvalue weighted by Crippen LogP contribution is -2.30. The van der Waals surface area contributed by atoms with E-state index < -0.39 is 0 Å². The molecule has 1 aliphatic heterocycles. The predicted molar refractivity (Wildman–Crippen MR) is 93.1 cm³/mol. The lowest BCUT2D eigenvalue weighted by atomic mass is 9.90. The van der Waals surface area contributed by atoms with Gasteiger partial charge in [-0.25, -0.2) is 0 Å². The Kier molecular flexibility index (Phi) is 4.51.